The second-order valence-electron chi connectivity index (χ2n) is 4.51. The molecular formula is C14H20F3N3O3. The number of halogens is 3. The lowest BCUT2D eigenvalue weighted by Gasteiger charge is -2.09. The van der Waals surface area contributed by atoms with Crippen LogP contribution in [0.5, 0.6) is 5.75 Å². The molecule has 0 aliphatic rings. The van der Waals surface area contributed by atoms with Crippen LogP contribution in [0.1, 0.15) is 12.0 Å². The van der Waals surface area contributed by atoms with Gasteiger partial charge in [0, 0.05) is 13.2 Å². The van der Waals surface area contributed by atoms with Crippen molar-refractivity contribution in [2.24, 2.45) is 10.7 Å². The van der Waals surface area contributed by atoms with Crippen molar-refractivity contribution < 1.29 is 27.8 Å². The summed E-state index contributed by atoms with van der Waals surface area (Å²) in [7, 11) is 0. The molecule has 130 valence electrons. The zero-order chi connectivity index (χ0) is 17.1. The molecule has 0 unspecified atom stereocenters. The van der Waals surface area contributed by atoms with E-state index in [9.17, 15) is 13.2 Å². The molecule has 23 heavy (non-hydrogen) atoms. The number of nitrogens with two attached hydrogens (primary N) is 1. The first kappa shape index (κ1) is 19.0. The molecular weight excluding hydrogens is 315 g/mol. The Balaban J connectivity index is 2.30. The Bertz CT molecular complexity index is 478. The van der Waals surface area contributed by atoms with E-state index >= 15 is 0 Å². The number of nitrogens with zero attached hydrogens (tertiary/aromatic N) is 1. The molecule has 0 saturated heterocycles. The molecule has 1 rings (SSSR count). The first-order valence-electron chi connectivity index (χ1n) is 6.98. The monoisotopic (exact) mass is 335 g/mol. The Kier molecular flexibility index (Phi) is 8.20. The number of hydrogen-bond acceptors (Lipinski definition) is 4. The average molecular weight is 335 g/mol. The fraction of sp³-hybridized carbons (Fsp3) is 0.500. The zero-order valence-electron chi connectivity index (χ0n) is 12.5. The van der Waals surface area contributed by atoms with E-state index in [0.29, 0.717) is 31.7 Å². The largest absolute Gasteiger partial charge is 0.573 e. The number of aliphatic hydroxyl groups excluding tert-OH is 1. The van der Waals surface area contributed by atoms with Crippen molar-refractivity contribution in [3.8, 4) is 5.75 Å². The first-order chi connectivity index (χ1) is 10.9. The topological polar surface area (TPSA) is 89.1 Å². The van der Waals surface area contributed by atoms with E-state index in [1.165, 1.54) is 24.3 Å². The third kappa shape index (κ3) is 9.59. The van der Waals surface area contributed by atoms with Crippen LogP contribution in [-0.4, -0.2) is 43.8 Å². The highest BCUT2D eigenvalue weighted by Crippen LogP contribution is 2.22. The zero-order valence-corrected chi connectivity index (χ0v) is 12.5. The lowest BCUT2D eigenvalue weighted by atomic mass is 10.2. The van der Waals surface area contributed by atoms with Crippen LogP contribution in [0, 0.1) is 0 Å². The van der Waals surface area contributed by atoms with Gasteiger partial charge in [-0.1, -0.05) is 12.1 Å². The molecule has 0 saturated carbocycles. The second kappa shape index (κ2) is 9.90. The standard InChI is InChI=1S/C14H20F3N3O3/c15-14(16,17)23-12-4-2-11(3-5-12)10-20-13(18)19-6-1-8-22-9-7-21/h2-5,21H,1,6-10H2,(H3,18,19,20). The van der Waals surface area contributed by atoms with Crippen molar-refractivity contribution in [1.82, 2.24) is 5.32 Å². The number of alkyl halides is 3. The summed E-state index contributed by atoms with van der Waals surface area (Å²) in [6.07, 6.45) is -3.99. The second-order valence-corrected chi connectivity index (χ2v) is 4.51. The molecule has 0 bridgehead atoms. The van der Waals surface area contributed by atoms with Gasteiger partial charge < -0.3 is 25.6 Å². The van der Waals surface area contributed by atoms with Crippen molar-refractivity contribution in [3.05, 3.63) is 29.8 Å². The van der Waals surface area contributed by atoms with Crippen molar-refractivity contribution in [2.75, 3.05) is 26.4 Å². The Morgan fingerprint density at radius 2 is 1.91 bits per heavy atom. The molecule has 0 aliphatic carbocycles. The number of aliphatic imine (C=N–C) groups is 1. The third-order valence-electron chi connectivity index (χ3n) is 2.60. The maximum atomic E-state index is 12.0. The summed E-state index contributed by atoms with van der Waals surface area (Å²) >= 11 is 0. The lowest BCUT2D eigenvalue weighted by molar-refractivity contribution is -0.274. The predicted molar refractivity (Wildman–Crippen MR) is 79.0 cm³/mol. The molecule has 4 N–H and O–H groups in total. The van der Waals surface area contributed by atoms with Crippen molar-refractivity contribution in [2.45, 2.75) is 19.3 Å². The van der Waals surface area contributed by atoms with Crippen LogP contribution in [0.25, 0.3) is 0 Å². The van der Waals surface area contributed by atoms with Crippen LogP contribution in [0.4, 0.5) is 13.2 Å². The van der Waals surface area contributed by atoms with E-state index in [2.05, 4.69) is 15.0 Å². The van der Waals surface area contributed by atoms with E-state index in [1.807, 2.05) is 0 Å². The third-order valence-corrected chi connectivity index (χ3v) is 2.60. The minimum atomic E-state index is -4.70. The summed E-state index contributed by atoms with van der Waals surface area (Å²) in [6, 6.07) is 5.42. The van der Waals surface area contributed by atoms with E-state index < -0.39 is 6.36 Å². The maximum absolute atomic E-state index is 12.0. The molecule has 0 atom stereocenters. The summed E-state index contributed by atoms with van der Waals surface area (Å²) in [5.74, 6) is -0.0398. The number of ether oxygens (including phenoxy) is 2. The first-order valence-corrected chi connectivity index (χ1v) is 6.98. The van der Waals surface area contributed by atoms with Gasteiger partial charge in [0.2, 0.25) is 0 Å². The van der Waals surface area contributed by atoms with Gasteiger partial charge in [0.25, 0.3) is 0 Å². The highest BCUT2D eigenvalue weighted by molar-refractivity contribution is 5.77. The summed E-state index contributed by atoms with van der Waals surface area (Å²) in [6.45, 7) is 1.61. The van der Waals surface area contributed by atoms with Gasteiger partial charge >= 0.3 is 6.36 Å². The smallest absolute Gasteiger partial charge is 0.406 e. The summed E-state index contributed by atoms with van der Waals surface area (Å²) in [4.78, 5) is 4.07. The molecule has 9 heteroatoms. The lowest BCUT2D eigenvalue weighted by Crippen LogP contribution is -2.32. The average Bonchev–Trinajstić information content (AvgIpc) is 2.48. The minimum absolute atomic E-state index is 0.0101. The van der Waals surface area contributed by atoms with Gasteiger partial charge in [-0.25, -0.2) is 4.99 Å². The SMILES string of the molecule is NC(=NCc1ccc(OC(F)(F)F)cc1)NCCCOCCO. The molecule has 0 spiro atoms. The summed E-state index contributed by atoms with van der Waals surface area (Å²) < 4.78 is 44.9. The Hall–Kier alpha value is -2.00. The summed E-state index contributed by atoms with van der Waals surface area (Å²) in [5, 5.41) is 11.4. The molecule has 1 aromatic rings. The van der Waals surface area contributed by atoms with E-state index in [4.69, 9.17) is 15.6 Å². The van der Waals surface area contributed by atoms with Gasteiger partial charge in [-0.15, -0.1) is 13.2 Å². The van der Waals surface area contributed by atoms with Gasteiger partial charge in [-0.3, -0.25) is 0 Å². The number of hydrogen-bond donors (Lipinski definition) is 3. The van der Waals surface area contributed by atoms with Crippen LogP contribution in [0.3, 0.4) is 0 Å². The van der Waals surface area contributed by atoms with Crippen molar-refractivity contribution in [1.29, 1.82) is 0 Å². The number of rotatable bonds is 9. The van der Waals surface area contributed by atoms with E-state index in [1.54, 1.807) is 0 Å². The fourth-order valence-corrected chi connectivity index (χ4v) is 1.59. The normalized spacial score (nSPS) is 12.3. The number of benzene rings is 1. The molecule has 0 aliphatic heterocycles. The molecule has 1 aromatic carbocycles. The van der Waals surface area contributed by atoms with Gasteiger partial charge in [0.1, 0.15) is 5.75 Å². The van der Waals surface area contributed by atoms with Gasteiger partial charge in [0.05, 0.1) is 19.8 Å². The molecule has 0 radical (unpaired) electrons. The van der Waals surface area contributed by atoms with Crippen molar-refractivity contribution >= 4 is 5.96 Å². The molecule has 6 nitrogen and oxygen atoms in total. The molecule has 0 aromatic heterocycles. The van der Waals surface area contributed by atoms with Gasteiger partial charge in [-0.2, -0.15) is 0 Å². The van der Waals surface area contributed by atoms with E-state index in [0.717, 1.165) is 0 Å². The highest BCUT2D eigenvalue weighted by atomic mass is 19.4. The van der Waals surface area contributed by atoms with Crippen LogP contribution in [0.15, 0.2) is 29.3 Å². The quantitative estimate of drug-likeness (QED) is 0.360. The van der Waals surface area contributed by atoms with Crippen molar-refractivity contribution in [3.63, 3.8) is 0 Å². The van der Waals surface area contributed by atoms with Gasteiger partial charge in [-0.05, 0) is 24.1 Å². The number of guanidine groups is 1. The molecule has 0 heterocycles. The van der Waals surface area contributed by atoms with Gasteiger partial charge in [0.15, 0.2) is 5.96 Å². The maximum Gasteiger partial charge on any atom is 0.573 e. The predicted octanol–water partition coefficient (Wildman–Crippen LogP) is 1.39. The van der Waals surface area contributed by atoms with Crippen LogP contribution < -0.4 is 15.8 Å². The van der Waals surface area contributed by atoms with Crippen LogP contribution in [0.2, 0.25) is 0 Å². The van der Waals surface area contributed by atoms with Crippen LogP contribution in [-0.2, 0) is 11.3 Å². The number of nitrogens with one attached hydrogen (secondary N) is 1. The fourth-order valence-electron chi connectivity index (χ4n) is 1.59. The minimum Gasteiger partial charge on any atom is -0.406 e. The molecule has 0 amide bonds. The number of aliphatic hydroxyl groups is 1. The summed E-state index contributed by atoms with van der Waals surface area (Å²) in [5.41, 5.74) is 6.36. The Morgan fingerprint density at radius 3 is 2.52 bits per heavy atom. The van der Waals surface area contributed by atoms with Crippen LogP contribution >= 0.6 is 0 Å². The Morgan fingerprint density at radius 1 is 1.22 bits per heavy atom. The molecule has 0 fully saturated rings. The highest BCUT2D eigenvalue weighted by Gasteiger charge is 2.30. The van der Waals surface area contributed by atoms with E-state index in [-0.39, 0.29) is 24.9 Å². The Labute approximate surface area is 132 Å².